The summed E-state index contributed by atoms with van der Waals surface area (Å²) in [6.07, 6.45) is 0. The highest BCUT2D eigenvalue weighted by Gasteiger charge is 2.23. The van der Waals surface area contributed by atoms with Crippen LogP contribution >= 0.6 is 0 Å². The van der Waals surface area contributed by atoms with E-state index in [-0.39, 0.29) is 0 Å². The van der Waals surface area contributed by atoms with Gasteiger partial charge in [0.15, 0.2) is 0 Å². The first-order valence-electron chi connectivity index (χ1n) is 16.5. The van der Waals surface area contributed by atoms with Crippen molar-refractivity contribution in [3.63, 3.8) is 0 Å². The van der Waals surface area contributed by atoms with Gasteiger partial charge in [-0.3, -0.25) is 4.57 Å². The van der Waals surface area contributed by atoms with Crippen LogP contribution in [0.5, 0.6) is 0 Å². The van der Waals surface area contributed by atoms with Crippen LogP contribution in [0.2, 0.25) is 0 Å². The van der Waals surface area contributed by atoms with Crippen molar-refractivity contribution in [1.29, 1.82) is 0 Å². The van der Waals surface area contributed by atoms with Gasteiger partial charge in [0.25, 0.3) is 0 Å². The van der Waals surface area contributed by atoms with Crippen molar-refractivity contribution in [3.8, 4) is 22.9 Å². The van der Waals surface area contributed by atoms with Gasteiger partial charge in [-0.15, -0.1) is 0 Å². The number of rotatable bonds is 3. The van der Waals surface area contributed by atoms with Crippen molar-refractivity contribution in [2.45, 2.75) is 0 Å². The Kier molecular flexibility index (Phi) is 5.32. The fourth-order valence-corrected chi connectivity index (χ4v) is 7.76. The molecular formula is C44H26N4O. The highest BCUT2D eigenvalue weighted by atomic mass is 16.3. The fourth-order valence-electron chi connectivity index (χ4n) is 7.76. The van der Waals surface area contributed by atoms with E-state index < -0.39 is 0 Å². The normalized spacial score (nSPS) is 12.1. The number of hydrogen-bond acceptors (Lipinski definition) is 3. The van der Waals surface area contributed by atoms with Gasteiger partial charge >= 0.3 is 0 Å². The van der Waals surface area contributed by atoms with E-state index >= 15 is 0 Å². The van der Waals surface area contributed by atoms with Crippen LogP contribution in [0.4, 0.5) is 0 Å². The molecule has 4 aromatic heterocycles. The van der Waals surface area contributed by atoms with Crippen molar-refractivity contribution < 1.29 is 4.42 Å². The van der Waals surface area contributed by atoms with Gasteiger partial charge < -0.3 is 8.98 Å². The molecule has 11 rings (SSSR count). The summed E-state index contributed by atoms with van der Waals surface area (Å²) < 4.78 is 11.0. The van der Waals surface area contributed by atoms with E-state index in [1.54, 1.807) is 0 Å². The molecule has 0 aliphatic rings. The second-order valence-electron chi connectivity index (χ2n) is 12.6. The molecule has 0 spiro atoms. The summed E-state index contributed by atoms with van der Waals surface area (Å²) in [5.74, 6) is 0.576. The molecule has 49 heavy (non-hydrogen) atoms. The highest BCUT2D eigenvalue weighted by Crippen LogP contribution is 2.41. The summed E-state index contributed by atoms with van der Waals surface area (Å²) in [5.41, 5.74) is 8.79. The van der Waals surface area contributed by atoms with E-state index in [0.717, 1.165) is 66.0 Å². The lowest BCUT2D eigenvalue weighted by Crippen LogP contribution is -2.03. The molecule has 0 atom stereocenters. The van der Waals surface area contributed by atoms with Crippen LogP contribution in [0.3, 0.4) is 0 Å². The Morgan fingerprint density at radius 2 is 1.04 bits per heavy atom. The molecular weight excluding hydrogens is 601 g/mol. The van der Waals surface area contributed by atoms with Gasteiger partial charge in [0.1, 0.15) is 5.58 Å². The first-order valence-corrected chi connectivity index (χ1v) is 16.5. The van der Waals surface area contributed by atoms with Gasteiger partial charge in [-0.1, -0.05) is 109 Å². The van der Waals surface area contributed by atoms with E-state index in [2.05, 4.69) is 149 Å². The van der Waals surface area contributed by atoms with Gasteiger partial charge in [0.2, 0.25) is 11.7 Å². The third-order valence-corrected chi connectivity index (χ3v) is 9.93. The zero-order chi connectivity index (χ0) is 32.1. The van der Waals surface area contributed by atoms with Crippen LogP contribution < -0.4 is 0 Å². The van der Waals surface area contributed by atoms with Crippen molar-refractivity contribution in [3.05, 3.63) is 158 Å². The van der Waals surface area contributed by atoms with Crippen LogP contribution in [0.1, 0.15) is 0 Å². The molecule has 228 valence electrons. The molecule has 0 saturated heterocycles. The molecule has 0 N–H and O–H groups in total. The van der Waals surface area contributed by atoms with E-state index in [1.807, 2.05) is 18.2 Å². The molecule has 5 heteroatoms. The number of nitrogens with zero attached hydrogens (tertiary/aromatic N) is 4. The number of furan rings is 1. The number of aromatic nitrogens is 4. The Hall–Kier alpha value is -6.72. The molecule has 0 saturated carbocycles. The lowest BCUT2D eigenvalue weighted by molar-refractivity contribution is 0.651. The second-order valence-corrected chi connectivity index (χ2v) is 12.6. The van der Waals surface area contributed by atoms with Crippen molar-refractivity contribution in [2.75, 3.05) is 0 Å². The molecule has 0 aliphatic heterocycles. The Morgan fingerprint density at radius 3 is 1.82 bits per heavy atom. The molecule has 0 fully saturated rings. The first-order chi connectivity index (χ1) is 24.3. The Bertz CT molecular complexity index is 3110. The minimum atomic E-state index is 0.571. The number of para-hydroxylation sites is 4. The van der Waals surface area contributed by atoms with Crippen molar-refractivity contribution >= 4 is 76.5 Å². The van der Waals surface area contributed by atoms with Crippen molar-refractivity contribution in [2.24, 2.45) is 0 Å². The SMILES string of the molecule is c1ccc(-n2c3ccccc3c3cc4c(cc32)c2ccccc2n4-c2nc(-c3ccc4ccccc4c3)c3c(n2)oc2ccccc23)cc1. The zero-order valence-electron chi connectivity index (χ0n) is 26.2. The first kappa shape index (κ1) is 26.4. The van der Waals surface area contributed by atoms with Gasteiger partial charge in [-0.05, 0) is 59.3 Å². The maximum atomic E-state index is 6.48. The van der Waals surface area contributed by atoms with Gasteiger partial charge in [-0.2, -0.15) is 4.98 Å². The Morgan fingerprint density at radius 1 is 0.429 bits per heavy atom. The van der Waals surface area contributed by atoms with Crippen LogP contribution in [0, 0.1) is 0 Å². The average molecular weight is 627 g/mol. The lowest BCUT2D eigenvalue weighted by atomic mass is 10.0. The molecule has 0 aliphatic carbocycles. The van der Waals surface area contributed by atoms with E-state index in [1.165, 1.54) is 21.7 Å². The molecule has 11 aromatic rings. The molecule has 4 heterocycles. The summed E-state index contributed by atoms with van der Waals surface area (Å²) in [6.45, 7) is 0. The standard InChI is InChI=1S/C44H26N4O/c1-2-14-30(15-3-1)47-36-19-9-6-16-31(36)34-26-39-35(25-38(34)47)32-17-7-10-20-37(32)48(39)44-45-42(29-23-22-27-12-4-5-13-28(27)24-29)41-33-18-8-11-21-40(33)49-43(41)46-44/h1-26H. The molecule has 0 bridgehead atoms. The predicted octanol–water partition coefficient (Wildman–Crippen LogP) is 11.4. The second kappa shape index (κ2) is 9.89. The zero-order valence-corrected chi connectivity index (χ0v) is 26.2. The molecule has 0 unspecified atom stereocenters. The Balaban J connectivity index is 1.27. The quantitative estimate of drug-likeness (QED) is 0.196. The van der Waals surface area contributed by atoms with Gasteiger partial charge in [-0.25, -0.2) is 4.98 Å². The number of benzene rings is 7. The van der Waals surface area contributed by atoms with Gasteiger partial charge in [0.05, 0.1) is 33.1 Å². The largest absolute Gasteiger partial charge is 0.437 e. The third kappa shape index (κ3) is 3.75. The fraction of sp³-hybridized carbons (Fsp3) is 0. The Labute approximate surface area is 279 Å². The maximum absolute atomic E-state index is 6.48. The summed E-state index contributed by atoms with van der Waals surface area (Å²) in [7, 11) is 0. The topological polar surface area (TPSA) is 48.8 Å². The summed E-state index contributed by atoms with van der Waals surface area (Å²) in [6, 6.07) is 55.5. The number of hydrogen-bond donors (Lipinski definition) is 0. The summed E-state index contributed by atoms with van der Waals surface area (Å²) >= 11 is 0. The van der Waals surface area contributed by atoms with Crippen LogP contribution in [-0.4, -0.2) is 19.1 Å². The molecule has 0 amide bonds. The van der Waals surface area contributed by atoms with Gasteiger partial charge in [0, 0.05) is 38.2 Å². The van der Waals surface area contributed by atoms with Crippen LogP contribution in [-0.2, 0) is 0 Å². The minimum absolute atomic E-state index is 0.571. The third-order valence-electron chi connectivity index (χ3n) is 9.93. The van der Waals surface area contributed by atoms with Crippen molar-refractivity contribution in [1.82, 2.24) is 19.1 Å². The maximum Gasteiger partial charge on any atom is 0.238 e. The smallest absolute Gasteiger partial charge is 0.238 e. The van der Waals surface area contributed by atoms with Crippen LogP contribution in [0.25, 0.3) is 99.3 Å². The molecule has 5 nitrogen and oxygen atoms in total. The highest BCUT2D eigenvalue weighted by molar-refractivity contribution is 6.19. The minimum Gasteiger partial charge on any atom is -0.437 e. The lowest BCUT2D eigenvalue weighted by Gasteiger charge is -2.11. The summed E-state index contributed by atoms with van der Waals surface area (Å²) in [5, 5.41) is 8.94. The van der Waals surface area contributed by atoms with Crippen LogP contribution in [0.15, 0.2) is 162 Å². The average Bonchev–Trinajstić information content (AvgIpc) is 3.81. The summed E-state index contributed by atoms with van der Waals surface area (Å²) in [4.78, 5) is 10.6. The molecule has 0 radical (unpaired) electrons. The van der Waals surface area contributed by atoms with E-state index in [0.29, 0.717) is 11.7 Å². The number of fused-ring (bicyclic) bond motifs is 10. The monoisotopic (exact) mass is 626 g/mol. The molecule has 7 aromatic carbocycles. The van der Waals surface area contributed by atoms with E-state index in [4.69, 9.17) is 14.4 Å². The predicted molar refractivity (Wildman–Crippen MR) is 201 cm³/mol. The van der Waals surface area contributed by atoms with E-state index in [9.17, 15) is 0 Å².